The van der Waals surface area contributed by atoms with Crippen molar-refractivity contribution in [3.63, 3.8) is 0 Å². The minimum Gasteiger partial charge on any atom is -0.326 e. The number of hydrogen-bond acceptors (Lipinski definition) is 4. The van der Waals surface area contributed by atoms with E-state index in [1.54, 1.807) is 12.4 Å². The van der Waals surface area contributed by atoms with Crippen LogP contribution in [0.25, 0.3) is 16.7 Å². The van der Waals surface area contributed by atoms with Crippen LogP contribution >= 0.6 is 0 Å². The summed E-state index contributed by atoms with van der Waals surface area (Å²) in [4.78, 5) is 8.72. The van der Waals surface area contributed by atoms with E-state index in [1.807, 2.05) is 34.9 Å². The fourth-order valence-corrected chi connectivity index (χ4v) is 2.26. The van der Waals surface area contributed by atoms with E-state index in [2.05, 4.69) is 16.0 Å². The SMILES string of the molecule is N#CCc1nc2ccccc2n1-c1cncc(CN)c1. The molecule has 2 heterocycles. The molecule has 0 atom stereocenters. The van der Waals surface area contributed by atoms with Crippen molar-refractivity contribution in [1.82, 2.24) is 14.5 Å². The van der Waals surface area contributed by atoms with Crippen molar-refractivity contribution >= 4 is 11.0 Å². The van der Waals surface area contributed by atoms with Crippen LogP contribution in [0.1, 0.15) is 11.4 Å². The Bertz CT molecular complexity index is 797. The number of rotatable bonds is 3. The number of imidazole rings is 1. The van der Waals surface area contributed by atoms with Crippen LogP contribution in [-0.4, -0.2) is 14.5 Å². The van der Waals surface area contributed by atoms with Gasteiger partial charge in [-0.2, -0.15) is 5.26 Å². The van der Waals surface area contributed by atoms with E-state index >= 15 is 0 Å². The zero-order valence-corrected chi connectivity index (χ0v) is 10.8. The first-order valence-corrected chi connectivity index (χ1v) is 6.31. The summed E-state index contributed by atoms with van der Waals surface area (Å²) in [6.07, 6.45) is 3.75. The summed E-state index contributed by atoms with van der Waals surface area (Å²) >= 11 is 0. The summed E-state index contributed by atoms with van der Waals surface area (Å²) in [5.74, 6) is 0.713. The van der Waals surface area contributed by atoms with Gasteiger partial charge in [-0.1, -0.05) is 12.1 Å². The topological polar surface area (TPSA) is 80.5 Å². The molecule has 5 heteroatoms. The van der Waals surface area contributed by atoms with Gasteiger partial charge in [0.2, 0.25) is 0 Å². The molecule has 0 aliphatic rings. The van der Waals surface area contributed by atoms with Gasteiger partial charge in [0, 0.05) is 12.7 Å². The van der Waals surface area contributed by atoms with Crippen molar-refractivity contribution in [2.45, 2.75) is 13.0 Å². The molecule has 0 amide bonds. The molecule has 1 aromatic carbocycles. The summed E-state index contributed by atoms with van der Waals surface area (Å²) in [7, 11) is 0. The van der Waals surface area contributed by atoms with Crippen LogP contribution in [0.3, 0.4) is 0 Å². The number of pyridine rings is 1. The quantitative estimate of drug-likeness (QED) is 0.783. The molecule has 0 spiro atoms. The molecule has 5 nitrogen and oxygen atoms in total. The first-order valence-electron chi connectivity index (χ1n) is 6.31. The van der Waals surface area contributed by atoms with E-state index in [0.717, 1.165) is 22.3 Å². The van der Waals surface area contributed by atoms with Gasteiger partial charge in [-0.3, -0.25) is 9.55 Å². The molecule has 98 valence electrons. The van der Waals surface area contributed by atoms with Crippen LogP contribution in [0.5, 0.6) is 0 Å². The third kappa shape index (κ3) is 2.02. The maximum absolute atomic E-state index is 8.98. The number of fused-ring (bicyclic) bond motifs is 1. The summed E-state index contributed by atoms with van der Waals surface area (Å²) in [5, 5.41) is 8.98. The van der Waals surface area contributed by atoms with Gasteiger partial charge in [-0.25, -0.2) is 4.98 Å². The Morgan fingerprint density at radius 3 is 2.90 bits per heavy atom. The molecule has 2 aromatic heterocycles. The predicted octanol–water partition coefficient (Wildman–Crippen LogP) is 1.95. The minimum atomic E-state index is 0.252. The van der Waals surface area contributed by atoms with Gasteiger partial charge in [-0.05, 0) is 23.8 Å². The second-order valence-electron chi connectivity index (χ2n) is 4.44. The Morgan fingerprint density at radius 2 is 2.10 bits per heavy atom. The lowest BCUT2D eigenvalue weighted by molar-refractivity contribution is 0.936. The van der Waals surface area contributed by atoms with Gasteiger partial charge < -0.3 is 5.73 Å². The van der Waals surface area contributed by atoms with Gasteiger partial charge in [0.15, 0.2) is 0 Å². The second-order valence-corrected chi connectivity index (χ2v) is 4.44. The molecule has 3 rings (SSSR count). The first-order chi connectivity index (χ1) is 9.83. The fourth-order valence-electron chi connectivity index (χ4n) is 2.26. The van der Waals surface area contributed by atoms with Gasteiger partial charge in [0.25, 0.3) is 0 Å². The molecule has 0 saturated heterocycles. The number of nitrogens with two attached hydrogens (primary N) is 1. The van der Waals surface area contributed by atoms with Crippen molar-refractivity contribution in [2.24, 2.45) is 5.73 Å². The van der Waals surface area contributed by atoms with Gasteiger partial charge in [0.1, 0.15) is 5.82 Å². The summed E-state index contributed by atoms with van der Waals surface area (Å²) in [6, 6.07) is 11.9. The second kappa shape index (κ2) is 5.11. The highest BCUT2D eigenvalue weighted by Gasteiger charge is 2.12. The molecule has 0 aliphatic carbocycles. The maximum atomic E-state index is 8.98. The Hall–Kier alpha value is -2.71. The van der Waals surface area contributed by atoms with E-state index in [-0.39, 0.29) is 6.42 Å². The van der Waals surface area contributed by atoms with Crippen molar-refractivity contribution in [2.75, 3.05) is 0 Å². The largest absolute Gasteiger partial charge is 0.326 e. The zero-order chi connectivity index (χ0) is 13.9. The highest BCUT2D eigenvalue weighted by atomic mass is 15.1. The minimum absolute atomic E-state index is 0.252. The average molecular weight is 263 g/mol. The molecule has 0 fully saturated rings. The lowest BCUT2D eigenvalue weighted by atomic mass is 10.2. The molecular formula is C15H13N5. The van der Waals surface area contributed by atoms with E-state index < -0.39 is 0 Å². The van der Waals surface area contributed by atoms with Gasteiger partial charge >= 0.3 is 0 Å². The molecule has 0 aliphatic heterocycles. The number of nitrogens with zero attached hydrogens (tertiary/aromatic N) is 4. The van der Waals surface area contributed by atoms with Crippen molar-refractivity contribution < 1.29 is 0 Å². The molecule has 0 radical (unpaired) electrons. The fraction of sp³-hybridized carbons (Fsp3) is 0.133. The summed E-state index contributed by atoms with van der Waals surface area (Å²) < 4.78 is 1.96. The standard InChI is InChI=1S/C15H13N5/c16-6-5-15-19-13-3-1-2-4-14(13)20(15)12-7-11(8-17)9-18-10-12/h1-4,7,9-10H,5,8,17H2. The lowest BCUT2D eigenvalue weighted by Gasteiger charge is -2.08. The van der Waals surface area contributed by atoms with Crippen LogP contribution in [0.4, 0.5) is 0 Å². The number of nitriles is 1. The van der Waals surface area contributed by atoms with Crippen LogP contribution < -0.4 is 5.73 Å². The number of para-hydroxylation sites is 2. The van der Waals surface area contributed by atoms with Crippen molar-refractivity contribution in [3.8, 4) is 11.8 Å². The van der Waals surface area contributed by atoms with Crippen LogP contribution in [-0.2, 0) is 13.0 Å². The summed E-state index contributed by atoms with van der Waals surface area (Å²) in [5.41, 5.74) is 9.33. The smallest absolute Gasteiger partial charge is 0.128 e. The third-order valence-corrected chi connectivity index (χ3v) is 3.14. The highest BCUT2D eigenvalue weighted by molar-refractivity contribution is 5.78. The molecule has 2 N–H and O–H groups in total. The van der Waals surface area contributed by atoms with E-state index in [4.69, 9.17) is 11.0 Å². The molecule has 0 unspecified atom stereocenters. The Labute approximate surface area is 116 Å². The number of hydrogen-bond donors (Lipinski definition) is 1. The van der Waals surface area contributed by atoms with Crippen LogP contribution in [0, 0.1) is 11.3 Å². The monoisotopic (exact) mass is 263 g/mol. The van der Waals surface area contributed by atoms with Crippen LogP contribution in [0.15, 0.2) is 42.7 Å². The maximum Gasteiger partial charge on any atom is 0.128 e. The van der Waals surface area contributed by atoms with E-state index in [1.165, 1.54) is 0 Å². The number of aromatic nitrogens is 3. The lowest BCUT2D eigenvalue weighted by Crippen LogP contribution is -2.04. The Kier molecular flexibility index (Phi) is 3.15. The van der Waals surface area contributed by atoms with Crippen molar-refractivity contribution in [1.29, 1.82) is 5.26 Å². The molecule has 0 saturated carbocycles. The Balaban J connectivity index is 2.27. The highest BCUT2D eigenvalue weighted by Crippen LogP contribution is 2.21. The average Bonchev–Trinajstić information content (AvgIpc) is 2.85. The van der Waals surface area contributed by atoms with E-state index in [0.29, 0.717) is 12.4 Å². The summed E-state index contributed by atoms with van der Waals surface area (Å²) in [6.45, 7) is 0.432. The van der Waals surface area contributed by atoms with E-state index in [9.17, 15) is 0 Å². The first kappa shape index (κ1) is 12.3. The third-order valence-electron chi connectivity index (χ3n) is 3.14. The zero-order valence-electron chi connectivity index (χ0n) is 10.8. The van der Waals surface area contributed by atoms with Gasteiger partial charge in [0.05, 0.1) is 35.4 Å². The van der Waals surface area contributed by atoms with Crippen LogP contribution in [0.2, 0.25) is 0 Å². The molecule has 3 aromatic rings. The van der Waals surface area contributed by atoms with Crippen molar-refractivity contribution in [3.05, 3.63) is 54.1 Å². The number of benzene rings is 1. The normalized spacial score (nSPS) is 10.6. The predicted molar refractivity (Wildman–Crippen MR) is 76.1 cm³/mol. The molecular weight excluding hydrogens is 250 g/mol. The van der Waals surface area contributed by atoms with Gasteiger partial charge in [-0.15, -0.1) is 0 Å². The molecule has 0 bridgehead atoms. The Morgan fingerprint density at radius 1 is 1.25 bits per heavy atom. The molecule has 20 heavy (non-hydrogen) atoms.